The van der Waals surface area contributed by atoms with E-state index in [0.717, 1.165) is 13.0 Å². The average molecular weight is 360 g/mol. The third-order valence-corrected chi connectivity index (χ3v) is 3.35. The van der Waals surface area contributed by atoms with Crippen LogP contribution < -0.4 is 10.1 Å². The Morgan fingerprint density at radius 1 is 1.24 bits per heavy atom. The minimum Gasteiger partial charge on any atom is -0.452 e. The predicted octanol–water partition coefficient (Wildman–Crippen LogP) is 4.73. The van der Waals surface area contributed by atoms with Crippen molar-refractivity contribution in [3.63, 3.8) is 0 Å². The van der Waals surface area contributed by atoms with Gasteiger partial charge in [-0.1, -0.05) is 25.1 Å². The van der Waals surface area contributed by atoms with E-state index in [0.29, 0.717) is 16.0 Å². The van der Waals surface area contributed by atoms with Crippen molar-refractivity contribution in [3.8, 4) is 5.75 Å². The largest absolute Gasteiger partial charge is 0.452 e. The van der Waals surface area contributed by atoms with Crippen LogP contribution in [0.4, 0.5) is 8.78 Å². The van der Waals surface area contributed by atoms with Crippen molar-refractivity contribution < 1.29 is 17.9 Å². The van der Waals surface area contributed by atoms with Crippen molar-refractivity contribution in [2.24, 2.45) is 0 Å². The van der Waals surface area contributed by atoms with Crippen LogP contribution in [-0.4, -0.2) is 13.2 Å². The highest BCUT2D eigenvalue weighted by Crippen LogP contribution is 2.32. The maximum atomic E-state index is 12.5. The molecular weight excluding hydrogens is 344 g/mol. The smallest absolute Gasteiger partial charge is 0.387 e. The molecule has 0 spiro atoms. The molecule has 2 aromatic rings. The number of para-hydroxylation sites is 1. The number of benzene rings is 1. The fourth-order valence-corrected chi connectivity index (χ4v) is 2.38. The fraction of sp³-hybridized carbons (Fsp3) is 0.333. The van der Waals surface area contributed by atoms with Crippen LogP contribution in [-0.2, 0) is 0 Å². The molecular formula is C15H16BrF2NO2. The van der Waals surface area contributed by atoms with Crippen LogP contribution in [0.5, 0.6) is 5.75 Å². The van der Waals surface area contributed by atoms with Crippen molar-refractivity contribution >= 4 is 15.9 Å². The van der Waals surface area contributed by atoms with Gasteiger partial charge in [-0.05, 0) is 47.1 Å². The standard InChI is InChI=1S/C15H16BrF2NO2/c1-2-9-19-14(12-7-8-13(16)20-12)10-5-3-4-6-11(10)21-15(17)18/h3-8,14-15,19H,2,9H2,1H3. The Hall–Kier alpha value is -1.40. The second-order valence-electron chi connectivity index (χ2n) is 4.45. The molecule has 1 aromatic carbocycles. The summed E-state index contributed by atoms with van der Waals surface area (Å²) in [4.78, 5) is 0. The zero-order valence-corrected chi connectivity index (χ0v) is 13.1. The lowest BCUT2D eigenvalue weighted by Gasteiger charge is -2.20. The Labute approximate surface area is 130 Å². The maximum Gasteiger partial charge on any atom is 0.387 e. The second-order valence-corrected chi connectivity index (χ2v) is 5.23. The topological polar surface area (TPSA) is 34.4 Å². The Kier molecular flexibility index (Phi) is 5.76. The maximum absolute atomic E-state index is 12.5. The summed E-state index contributed by atoms with van der Waals surface area (Å²) in [7, 11) is 0. The van der Waals surface area contributed by atoms with E-state index in [1.807, 2.05) is 6.92 Å². The molecule has 1 aromatic heterocycles. The van der Waals surface area contributed by atoms with Gasteiger partial charge in [0.25, 0.3) is 0 Å². The molecule has 1 atom stereocenters. The molecule has 6 heteroatoms. The first-order valence-electron chi connectivity index (χ1n) is 6.64. The van der Waals surface area contributed by atoms with Gasteiger partial charge in [0.1, 0.15) is 11.5 Å². The molecule has 1 N–H and O–H groups in total. The lowest BCUT2D eigenvalue weighted by Crippen LogP contribution is -2.23. The minimum atomic E-state index is -2.86. The predicted molar refractivity (Wildman–Crippen MR) is 79.6 cm³/mol. The number of rotatable bonds is 7. The van der Waals surface area contributed by atoms with Crippen LogP contribution in [0.15, 0.2) is 45.5 Å². The Morgan fingerprint density at radius 2 is 2.00 bits per heavy atom. The summed E-state index contributed by atoms with van der Waals surface area (Å²) in [6.45, 7) is -0.100. The van der Waals surface area contributed by atoms with Gasteiger partial charge in [-0.25, -0.2) is 0 Å². The zero-order chi connectivity index (χ0) is 15.2. The third-order valence-electron chi connectivity index (χ3n) is 2.92. The molecule has 0 bridgehead atoms. The van der Waals surface area contributed by atoms with Gasteiger partial charge in [0, 0.05) is 5.56 Å². The molecule has 0 saturated heterocycles. The Morgan fingerprint density at radius 3 is 2.62 bits per heavy atom. The fourth-order valence-electron chi connectivity index (χ4n) is 2.06. The lowest BCUT2D eigenvalue weighted by atomic mass is 10.0. The van der Waals surface area contributed by atoms with Crippen molar-refractivity contribution in [1.82, 2.24) is 5.32 Å². The minimum absolute atomic E-state index is 0.147. The Balaban J connectivity index is 2.36. The van der Waals surface area contributed by atoms with E-state index in [-0.39, 0.29) is 11.8 Å². The van der Waals surface area contributed by atoms with E-state index in [2.05, 4.69) is 26.0 Å². The molecule has 3 nitrogen and oxygen atoms in total. The SMILES string of the molecule is CCCNC(c1ccc(Br)o1)c1ccccc1OC(F)F. The van der Waals surface area contributed by atoms with Gasteiger partial charge < -0.3 is 14.5 Å². The second kappa shape index (κ2) is 7.56. The molecule has 0 saturated carbocycles. The van der Waals surface area contributed by atoms with Gasteiger partial charge >= 0.3 is 6.61 Å². The summed E-state index contributed by atoms with van der Waals surface area (Å²) in [6.07, 6.45) is 0.913. The molecule has 0 radical (unpaired) electrons. The van der Waals surface area contributed by atoms with E-state index >= 15 is 0 Å². The lowest BCUT2D eigenvalue weighted by molar-refractivity contribution is -0.0506. The van der Waals surface area contributed by atoms with Gasteiger partial charge in [0.05, 0.1) is 6.04 Å². The first-order chi connectivity index (χ1) is 10.1. The molecule has 0 aliphatic rings. The zero-order valence-electron chi connectivity index (χ0n) is 11.5. The summed E-state index contributed by atoms with van der Waals surface area (Å²) in [5, 5.41) is 3.29. The van der Waals surface area contributed by atoms with E-state index in [1.165, 1.54) is 6.07 Å². The summed E-state index contributed by atoms with van der Waals surface area (Å²) in [5.41, 5.74) is 0.619. The van der Waals surface area contributed by atoms with Crippen molar-refractivity contribution in [2.75, 3.05) is 6.54 Å². The van der Waals surface area contributed by atoms with E-state index < -0.39 is 6.61 Å². The van der Waals surface area contributed by atoms with Crippen molar-refractivity contribution in [3.05, 3.63) is 52.4 Å². The molecule has 0 aliphatic carbocycles. The number of hydrogen-bond donors (Lipinski definition) is 1. The van der Waals surface area contributed by atoms with Crippen LogP contribution in [0, 0.1) is 0 Å². The molecule has 21 heavy (non-hydrogen) atoms. The highest BCUT2D eigenvalue weighted by atomic mass is 79.9. The molecule has 2 rings (SSSR count). The van der Waals surface area contributed by atoms with Crippen molar-refractivity contribution in [1.29, 1.82) is 0 Å². The highest BCUT2D eigenvalue weighted by Gasteiger charge is 2.22. The molecule has 0 fully saturated rings. The van der Waals surface area contributed by atoms with Crippen molar-refractivity contribution in [2.45, 2.75) is 26.0 Å². The first-order valence-corrected chi connectivity index (χ1v) is 7.43. The van der Waals surface area contributed by atoms with E-state index in [4.69, 9.17) is 4.42 Å². The molecule has 1 heterocycles. The number of halogens is 3. The number of furan rings is 1. The van der Waals surface area contributed by atoms with Crippen LogP contribution in [0.25, 0.3) is 0 Å². The molecule has 0 amide bonds. The third kappa shape index (κ3) is 4.28. The number of hydrogen-bond acceptors (Lipinski definition) is 3. The number of alkyl halides is 2. The number of ether oxygens (including phenoxy) is 1. The van der Waals surface area contributed by atoms with Crippen LogP contribution >= 0.6 is 15.9 Å². The molecule has 1 unspecified atom stereocenters. The summed E-state index contributed by atoms with van der Waals surface area (Å²) >= 11 is 3.25. The summed E-state index contributed by atoms with van der Waals surface area (Å²) < 4.78 is 35.9. The Bertz CT molecular complexity index is 574. The number of nitrogens with one attached hydrogen (secondary N) is 1. The van der Waals surface area contributed by atoms with Gasteiger partial charge in [0.15, 0.2) is 4.67 Å². The highest BCUT2D eigenvalue weighted by molar-refractivity contribution is 9.10. The summed E-state index contributed by atoms with van der Waals surface area (Å²) in [5.74, 6) is 0.786. The van der Waals surface area contributed by atoms with Crippen LogP contribution in [0.1, 0.15) is 30.7 Å². The average Bonchev–Trinajstić information content (AvgIpc) is 2.87. The van der Waals surface area contributed by atoms with Gasteiger partial charge in [0.2, 0.25) is 0 Å². The molecule has 114 valence electrons. The first kappa shape index (κ1) is 16.0. The van der Waals surface area contributed by atoms with Crippen LogP contribution in [0.2, 0.25) is 0 Å². The summed E-state index contributed by atoms with van der Waals surface area (Å²) in [6, 6.07) is 9.96. The van der Waals surface area contributed by atoms with E-state index in [9.17, 15) is 8.78 Å². The monoisotopic (exact) mass is 359 g/mol. The van der Waals surface area contributed by atoms with Gasteiger partial charge in [-0.15, -0.1) is 0 Å². The van der Waals surface area contributed by atoms with Gasteiger partial charge in [-0.2, -0.15) is 8.78 Å². The normalized spacial score (nSPS) is 12.6. The van der Waals surface area contributed by atoms with Crippen LogP contribution in [0.3, 0.4) is 0 Å². The quantitative estimate of drug-likeness (QED) is 0.775. The van der Waals surface area contributed by atoms with Gasteiger partial charge in [-0.3, -0.25) is 0 Å². The van der Waals surface area contributed by atoms with E-state index in [1.54, 1.807) is 30.3 Å². The molecule has 0 aliphatic heterocycles.